The molecule has 0 heterocycles. The Morgan fingerprint density at radius 3 is 2.79 bits per heavy atom. The highest BCUT2D eigenvalue weighted by Gasteiger charge is 2.06. The first-order valence-electron chi connectivity index (χ1n) is 5.76. The van der Waals surface area contributed by atoms with Crippen molar-refractivity contribution in [2.75, 3.05) is 27.3 Å². The van der Waals surface area contributed by atoms with Crippen molar-refractivity contribution in [1.29, 1.82) is 5.26 Å². The van der Waals surface area contributed by atoms with E-state index in [0.29, 0.717) is 18.0 Å². The van der Waals surface area contributed by atoms with Gasteiger partial charge in [-0.2, -0.15) is 5.26 Å². The van der Waals surface area contributed by atoms with Crippen LogP contribution in [0, 0.1) is 11.3 Å². The molecule has 0 bridgehead atoms. The van der Waals surface area contributed by atoms with E-state index in [-0.39, 0.29) is 19.0 Å². The molecule has 1 rings (SSSR count). The summed E-state index contributed by atoms with van der Waals surface area (Å²) >= 11 is 0. The third-order valence-electron chi connectivity index (χ3n) is 2.46. The Hall–Kier alpha value is -2.26. The molecule has 0 atom stereocenters. The summed E-state index contributed by atoms with van der Waals surface area (Å²) in [6, 6.07) is 7.33. The van der Waals surface area contributed by atoms with Gasteiger partial charge in [0.15, 0.2) is 0 Å². The van der Waals surface area contributed by atoms with Crippen LogP contribution in [0.3, 0.4) is 0 Å². The topological polar surface area (TPSA) is 83.4 Å². The maximum Gasteiger partial charge on any atom is 0.234 e. The van der Waals surface area contributed by atoms with Crippen LogP contribution in [0.25, 0.3) is 0 Å². The molecule has 0 aliphatic carbocycles. The lowest BCUT2D eigenvalue weighted by atomic mass is 10.2. The summed E-state index contributed by atoms with van der Waals surface area (Å²) in [4.78, 5) is 11.3. The summed E-state index contributed by atoms with van der Waals surface area (Å²) in [6.07, 6.45) is 0. The van der Waals surface area contributed by atoms with Gasteiger partial charge in [0.2, 0.25) is 5.91 Å². The van der Waals surface area contributed by atoms with Crippen molar-refractivity contribution in [2.24, 2.45) is 0 Å². The highest BCUT2D eigenvalue weighted by atomic mass is 16.5. The van der Waals surface area contributed by atoms with Crippen LogP contribution in [0.4, 0.5) is 0 Å². The van der Waals surface area contributed by atoms with E-state index in [1.54, 1.807) is 20.3 Å². The maximum absolute atomic E-state index is 11.3. The van der Waals surface area contributed by atoms with Gasteiger partial charge in [0, 0.05) is 18.2 Å². The quantitative estimate of drug-likeness (QED) is 0.697. The number of nitriles is 1. The normalized spacial score (nSPS) is 9.53. The lowest BCUT2D eigenvalue weighted by molar-refractivity contribution is -0.120. The van der Waals surface area contributed by atoms with Gasteiger partial charge in [-0.05, 0) is 6.07 Å². The van der Waals surface area contributed by atoms with Crippen molar-refractivity contribution in [2.45, 2.75) is 6.54 Å². The number of rotatable bonds is 7. The fraction of sp³-hybridized carbons (Fsp3) is 0.385. The molecular formula is C13H17N3O3. The van der Waals surface area contributed by atoms with Crippen LogP contribution in [0.15, 0.2) is 18.2 Å². The number of nitrogens with zero attached hydrogens (tertiary/aromatic N) is 1. The fourth-order valence-corrected chi connectivity index (χ4v) is 1.51. The number of benzene rings is 1. The number of hydrogen-bond donors (Lipinski definition) is 2. The molecular weight excluding hydrogens is 246 g/mol. The lowest BCUT2D eigenvalue weighted by Crippen LogP contribution is -2.33. The van der Waals surface area contributed by atoms with E-state index in [1.165, 1.54) is 0 Å². The molecule has 1 aromatic rings. The first-order chi connectivity index (χ1) is 9.21. The molecule has 0 radical (unpaired) electrons. The third-order valence-corrected chi connectivity index (χ3v) is 2.46. The molecule has 0 saturated heterocycles. The summed E-state index contributed by atoms with van der Waals surface area (Å²) in [5.74, 6) is 1.20. The predicted octanol–water partition coefficient (Wildman–Crippen LogP) is 0.433. The van der Waals surface area contributed by atoms with Gasteiger partial charge in [0.1, 0.15) is 18.0 Å². The van der Waals surface area contributed by atoms with Gasteiger partial charge in [-0.25, -0.2) is 0 Å². The van der Waals surface area contributed by atoms with E-state index < -0.39 is 0 Å². The average Bonchev–Trinajstić information content (AvgIpc) is 2.45. The Balaban J connectivity index is 2.49. The molecule has 2 N–H and O–H groups in total. The molecule has 1 amide bonds. The number of carbonyl (C=O) groups excluding carboxylic acids is 1. The smallest absolute Gasteiger partial charge is 0.234 e. The van der Waals surface area contributed by atoms with Crippen molar-refractivity contribution in [3.8, 4) is 17.6 Å². The fourth-order valence-electron chi connectivity index (χ4n) is 1.51. The van der Waals surface area contributed by atoms with Crippen molar-refractivity contribution in [3.63, 3.8) is 0 Å². The van der Waals surface area contributed by atoms with Gasteiger partial charge in [0.25, 0.3) is 0 Å². The maximum atomic E-state index is 11.3. The molecule has 6 heteroatoms. The van der Waals surface area contributed by atoms with Crippen molar-refractivity contribution in [3.05, 3.63) is 23.8 Å². The van der Waals surface area contributed by atoms with Gasteiger partial charge >= 0.3 is 0 Å². The molecule has 0 saturated carbocycles. The molecule has 6 nitrogen and oxygen atoms in total. The van der Waals surface area contributed by atoms with E-state index in [0.717, 1.165) is 5.56 Å². The van der Waals surface area contributed by atoms with Crippen LogP contribution >= 0.6 is 0 Å². The Morgan fingerprint density at radius 2 is 2.16 bits per heavy atom. The van der Waals surface area contributed by atoms with E-state index in [1.807, 2.05) is 18.2 Å². The highest BCUT2D eigenvalue weighted by molar-refractivity contribution is 5.78. The highest BCUT2D eigenvalue weighted by Crippen LogP contribution is 2.24. The summed E-state index contributed by atoms with van der Waals surface area (Å²) in [5, 5.41) is 13.8. The number of hydrogen-bond acceptors (Lipinski definition) is 5. The molecule has 19 heavy (non-hydrogen) atoms. The van der Waals surface area contributed by atoms with Gasteiger partial charge in [0.05, 0.1) is 26.8 Å². The predicted molar refractivity (Wildman–Crippen MR) is 69.9 cm³/mol. The molecule has 0 fully saturated rings. The number of amides is 1. The van der Waals surface area contributed by atoms with Crippen LogP contribution < -0.4 is 20.1 Å². The first-order valence-corrected chi connectivity index (χ1v) is 5.76. The molecule has 0 aromatic heterocycles. The minimum Gasteiger partial charge on any atom is -0.497 e. The van der Waals surface area contributed by atoms with Gasteiger partial charge in [-0.15, -0.1) is 0 Å². The van der Waals surface area contributed by atoms with Crippen LogP contribution in [0.1, 0.15) is 5.56 Å². The minimum atomic E-state index is -0.214. The van der Waals surface area contributed by atoms with Crippen LogP contribution in [0.2, 0.25) is 0 Å². The summed E-state index contributed by atoms with van der Waals surface area (Å²) < 4.78 is 10.4. The molecule has 1 aromatic carbocycles. The number of carbonyl (C=O) groups is 1. The van der Waals surface area contributed by atoms with E-state index in [9.17, 15) is 4.79 Å². The van der Waals surface area contributed by atoms with Crippen molar-refractivity contribution >= 4 is 5.91 Å². The van der Waals surface area contributed by atoms with E-state index >= 15 is 0 Å². The summed E-state index contributed by atoms with van der Waals surface area (Å²) in [5.41, 5.74) is 0.927. The Kier molecular flexibility index (Phi) is 6.19. The van der Waals surface area contributed by atoms with Gasteiger partial charge in [-0.3, -0.25) is 4.79 Å². The van der Waals surface area contributed by atoms with Gasteiger partial charge in [-0.1, -0.05) is 6.07 Å². The average molecular weight is 263 g/mol. The Bertz CT molecular complexity index is 469. The summed E-state index contributed by atoms with van der Waals surface area (Å²) in [7, 11) is 3.17. The number of methoxy groups -OCH3 is 2. The largest absolute Gasteiger partial charge is 0.497 e. The third kappa shape index (κ3) is 4.85. The molecule has 0 aliphatic rings. The van der Waals surface area contributed by atoms with E-state index in [2.05, 4.69) is 10.6 Å². The Labute approximate surface area is 112 Å². The van der Waals surface area contributed by atoms with Gasteiger partial charge < -0.3 is 20.1 Å². The molecule has 0 unspecified atom stereocenters. The molecule has 0 aliphatic heterocycles. The second-order valence-electron chi connectivity index (χ2n) is 3.72. The second-order valence-corrected chi connectivity index (χ2v) is 3.72. The zero-order valence-corrected chi connectivity index (χ0v) is 11.0. The SMILES string of the molecule is COc1ccc(CNCC(=O)NCC#N)c(OC)c1. The standard InChI is InChI=1S/C13H17N3O3/c1-18-11-4-3-10(12(7-11)19-2)8-15-9-13(17)16-6-5-14/h3-4,7,15H,6,8-9H2,1-2H3,(H,16,17). The monoisotopic (exact) mass is 263 g/mol. The van der Waals surface area contributed by atoms with Crippen molar-refractivity contribution in [1.82, 2.24) is 10.6 Å². The first kappa shape index (κ1) is 14.8. The number of ether oxygens (including phenoxy) is 2. The zero-order chi connectivity index (χ0) is 14.1. The molecule has 102 valence electrons. The minimum absolute atomic E-state index is 0.0202. The van der Waals surface area contributed by atoms with Crippen molar-refractivity contribution < 1.29 is 14.3 Å². The van der Waals surface area contributed by atoms with E-state index in [4.69, 9.17) is 14.7 Å². The van der Waals surface area contributed by atoms with Crippen LogP contribution in [-0.2, 0) is 11.3 Å². The zero-order valence-electron chi connectivity index (χ0n) is 11.0. The Morgan fingerprint density at radius 1 is 1.37 bits per heavy atom. The second kappa shape index (κ2) is 7.95. The summed E-state index contributed by atoms with van der Waals surface area (Å²) in [6.45, 7) is 0.663. The van der Waals surface area contributed by atoms with Crippen LogP contribution in [-0.4, -0.2) is 33.2 Å². The van der Waals surface area contributed by atoms with Crippen LogP contribution in [0.5, 0.6) is 11.5 Å². The molecule has 0 spiro atoms. The number of nitrogens with one attached hydrogen (secondary N) is 2. The lowest BCUT2D eigenvalue weighted by Gasteiger charge is -2.11.